The van der Waals surface area contributed by atoms with E-state index in [0.29, 0.717) is 11.3 Å². The molecule has 11 nitrogen and oxygen atoms in total. The average Bonchev–Trinajstić information content (AvgIpc) is 3.33. The molecule has 4 aromatic rings. The standard InChI is InChI=1S/C24H16N6O5/c25-11-18-21(15-6-8-16(9-7-15)30(32)33)23-22(35-24(18)26)20(31)10-17(34-23)12-29-13-19(27-28-29)14-4-2-1-3-5-14/h1-10,13,21H,12,26H2. The number of nitrogens with zero attached hydrogens (tertiary/aromatic N) is 5. The van der Waals surface area contributed by atoms with Crippen molar-refractivity contribution in [2.24, 2.45) is 5.73 Å². The van der Waals surface area contributed by atoms with Crippen molar-refractivity contribution in [3.63, 3.8) is 0 Å². The van der Waals surface area contributed by atoms with E-state index in [1.807, 2.05) is 36.4 Å². The monoisotopic (exact) mass is 468 g/mol. The molecule has 0 saturated heterocycles. The molecular formula is C24H16N6O5. The minimum absolute atomic E-state index is 0.0266. The van der Waals surface area contributed by atoms with Gasteiger partial charge in [0.25, 0.3) is 5.69 Å². The predicted molar refractivity (Wildman–Crippen MR) is 122 cm³/mol. The molecule has 11 heteroatoms. The van der Waals surface area contributed by atoms with Gasteiger partial charge < -0.3 is 14.9 Å². The number of allylic oxidation sites excluding steroid dienone is 1. The quantitative estimate of drug-likeness (QED) is 0.342. The summed E-state index contributed by atoms with van der Waals surface area (Å²) < 4.78 is 13.0. The molecule has 0 aliphatic carbocycles. The largest absolute Gasteiger partial charge is 0.459 e. The minimum atomic E-state index is -0.882. The number of nitrogens with two attached hydrogens (primary N) is 1. The fourth-order valence-electron chi connectivity index (χ4n) is 3.86. The van der Waals surface area contributed by atoms with Crippen molar-refractivity contribution in [1.29, 1.82) is 5.26 Å². The van der Waals surface area contributed by atoms with Gasteiger partial charge in [-0.1, -0.05) is 47.7 Å². The van der Waals surface area contributed by atoms with Gasteiger partial charge in [0.05, 0.1) is 17.0 Å². The van der Waals surface area contributed by atoms with E-state index in [4.69, 9.17) is 14.9 Å². The van der Waals surface area contributed by atoms with Crippen LogP contribution >= 0.6 is 0 Å². The number of hydrogen-bond donors (Lipinski definition) is 1. The molecule has 172 valence electrons. The van der Waals surface area contributed by atoms with Gasteiger partial charge in [-0.2, -0.15) is 5.26 Å². The van der Waals surface area contributed by atoms with E-state index < -0.39 is 16.3 Å². The summed E-state index contributed by atoms with van der Waals surface area (Å²) in [5.41, 5.74) is 7.36. The van der Waals surface area contributed by atoms with E-state index in [9.17, 15) is 20.2 Å². The molecule has 0 saturated carbocycles. The first-order valence-electron chi connectivity index (χ1n) is 10.4. The Kier molecular flexibility index (Phi) is 5.31. The average molecular weight is 468 g/mol. The third-order valence-electron chi connectivity index (χ3n) is 5.49. The molecule has 1 unspecified atom stereocenters. The highest BCUT2D eigenvalue weighted by molar-refractivity contribution is 5.57. The van der Waals surface area contributed by atoms with E-state index >= 15 is 0 Å². The van der Waals surface area contributed by atoms with E-state index in [1.54, 1.807) is 6.20 Å². The zero-order chi connectivity index (χ0) is 24.5. The molecule has 1 atom stereocenters. The number of nitro groups is 1. The summed E-state index contributed by atoms with van der Waals surface area (Å²) in [7, 11) is 0. The first kappa shape index (κ1) is 21.6. The first-order valence-corrected chi connectivity index (χ1v) is 10.4. The lowest BCUT2D eigenvalue weighted by Crippen LogP contribution is -2.25. The highest BCUT2D eigenvalue weighted by Crippen LogP contribution is 2.41. The molecule has 3 heterocycles. The van der Waals surface area contributed by atoms with Gasteiger partial charge in [0.1, 0.15) is 29.6 Å². The van der Waals surface area contributed by atoms with Gasteiger partial charge in [-0.05, 0) is 5.56 Å². The summed E-state index contributed by atoms with van der Waals surface area (Å²) in [5.74, 6) is -0.917. The molecule has 0 bridgehead atoms. The van der Waals surface area contributed by atoms with Crippen LogP contribution in [0.5, 0.6) is 5.75 Å². The van der Waals surface area contributed by atoms with Crippen molar-refractivity contribution < 1.29 is 14.1 Å². The molecule has 0 fully saturated rings. The Balaban J connectivity index is 1.55. The number of nitro benzene ring substituents is 1. The molecule has 0 radical (unpaired) electrons. The third kappa shape index (κ3) is 4.00. The number of non-ortho nitro benzene ring substituents is 1. The van der Waals surface area contributed by atoms with Gasteiger partial charge in [0, 0.05) is 23.8 Å². The number of fused-ring (bicyclic) bond motifs is 1. The van der Waals surface area contributed by atoms with Crippen molar-refractivity contribution in [3.05, 3.63) is 116 Å². The van der Waals surface area contributed by atoms with Crippen molar-refractivity contribution in [2.75, 3.05) is 0 Å². The summed E-state index contributed by atoms with van der Waals surface area (Å²) in [6, 6.07) is 18.3. The Morgan fingerprint density at radius 1 is 1.17 bits per heavy atom. The van der Waals surface area contributed by atoms with Gasteiger partial charge in [-0.15, -0.1) is 5.10 Å². The Bertz CT molecular complexity index is 1560. The van der Waals surface area contributed by atoms with Gasteiger partial charge in [-0.25, -0.2) is 4.68 Å². The summed E-state index contributed by atoms with van der Waals surface area (Å²) in [6.45, 7) is 0.0937. The number of aromatic nitrogens is 3. The Morgan fingerprint density at radius 2 is 1.91 bits per heavy atom. The summed E-state index contributed by atoms with van der Waals surface area (Å²) in [5, 5.41) is 29.0. The van der Waals surface area contributed by atoms with Crippen LogP contribution in [0.2, 0.25) is 0 Å². The lowest BCUT2D eigenvalue weighted by molar-refractivity contribution is -0.384. The van der Waals surface area contributed by atoms with E-state index in [0.717, 1.165) is 5.56 Å². The maximum atomic E-state index is 12.9. The normalized spacial score (nSPS) is 14.7. The molecule has 5 rings (SSSR count). The van der Waals surface area contributed by atoms with Crippen molar-refractivity contribution in [1.82, 2.24) is 15.0 Å². The minimum Gasteiger partial charge on any atom is -0.459 e. The third-order valence-corrected chi connectivity index (χ3v) is 5.49. The molecule has 2 aromatic carbocycles. The van der Waals surface area contributed by atoms with E-state index in [-0.39, 0.29) is 41.0 Å². The number of rotatable bonds is 5. The molecule has 1 aliphatic rings. The Hall–Kier alpha value is -5.24. The molecule has 2 N–H and O–H groups in total. The zero-order valence-electron chi connectivity index (χ0n) is 18.0. The summed E-state index contributed by atoms with van der Waals surface area (Å²) in [4.78, 5) is 23.4. The maximum Gasteiger partial charge on any atom is 0.269 e. The SMILES string of the molecule is N#CC1=C(N)Oc2c(oc(Cn3cc(-c4ccccc4)nn3)cc2=O)C1c1ccc([N+](=O)[O-])cc1. The Morgan fingerprint density at radius 3 is 2.60 bits per heavy atom. The van der Waals surface area contributed by atoms with Crippen LogP contribution in [0.3, 0.4) is 0 Å². The van der Waals surface area contributed by atoms with Crippen molar-refractivity contribution >= 4 is 5.69 Å². The summed E-state index contributed by atoms with van der Waals surface area (Å²) in [6.07, 6.45) is 1.72. The highest BCUT2D eigenvalue weighted by atomic mass is 16.6. The topological polar surface area (TPSA) is 163 Å². The number of hydrogen-bond acceptors (Lipinski definition) is 9. The molecular weight excluding hydrogens is 452 g/mol. The fourth-order valence-corrected chi connectivity index (χ4v) is 3.86. The van der Waals surface area contributed by atoms with Crippen LogP contribution in [-0.2, 0) is 6.54 Å². The van der Waals surface area contributed by atoms with Crippen LogP contribution in [0.25, 0.3) is 11.3 Å². The second-order valence-electron chi connectivity index (χ2n) is 7.71. The smallest absolute Gasteiger partial charge is 0.269 e. The molecule has 0 spiro atoms. The first-order chi connectivity index (χ1) is 16.9. The van der Waals surface area contributed by atoms with Crippen molar-refractivity contribution in [3.8, 4) is 23.1 Å². The van der Waals surface area contributed by atoms with Crippen LogP contribution in [-0.4, -0.2) is 19.9 Å². The zero-order valence-corrected chi connectivity index (χ0v) is 18.0. The summed E-state index contributed by atoms with van der Waals surface area (Å²) >= 11 is 0. The van der Waals surface area contributed by atoms with Crippen LogP contribution in [0.4, 0.5) is 5.69 Å². The molecule has 1 aliphatic heterocycles. The fraction of sp³-hybridized carbons (Fsp3) is 0.0833. The maximum absolute atomic E-state index is 12.9. The second kappa shape index (κ2) is 8.60. The lowest BCUT2D eigenvalue weighted by Gasteiger charge is -2.24. The van der Waals surface area contributed by atoms with Crippen LogP contribution in [0.15, 0.2) is 87.5 Å². The highest BCUT2D eigenvalue weighted by Gasteiger charge is 2.35. The number of ether oxygens (including phenoxy) is 1. The number of nitriles is 1. The lowest BCUT2D eigenvalue weighted by atomic mass is 9.87. The second-order valence-corrected chi connectivity index (χ2v) is 7.71. The van der Waals surface area contributed by atoms with Crippen LogP contribution in [0.1, 0.15) is 23.0 Å². The van der Waals surface area contributed by atoms with E-state index in [2.05, 4.69) is 10.3 Å². The molecule has 35 heavy (non-hydrogen) atoms. The Labute approximate surface area is 197 Å². The molecule has 2 aromatic heterocycles. The van der Waals surface area contributed by atoms with Crippen LogP contribution in [0, 0.1) is 21.4 Å². The van der Waals surface area contributed by atoms with Gasteiger partial charge in [0.15, 0.2) is 5.76 Å². The number of benzene rings is 2. The van der Waals surface area contributed by atoms with Crippen molar-refractivity contribution in [2.45, 2.75) is 12.5 Å². The van der Waals surface area contributed by atoms with Gasteiger partial charge >= 0.3 is 0 Å². The van der Waals surface area contributed by atoms with E-state index in [1.165, 1.54) is 35.0 Å². The van der Waals surface area contributed by atoms with Gasteiger partial charge in [0.2, 0.25) is 17.1 Å². The predicted octanol–water partition coefficient (Wildman–Crippen LogP) is 3.07. The van der Waals surface area contributed by atoms with Gasteiger partial charge in [-0.3, -0.25) is 14.9 Å². The van der Waals surface area contributed by atoms with Crippen LogP contribution < -0.4 is 15.9 Å². The molecule has 0 amide bonds.